The number of carbonyl (C=O) groups excluding carboxylic acids is 1. The van der Waals surface area contributed by atoms with Crippen LogP contribution in [0, 0.1) is 0 Å². The van der Waals surface area contributed by atoms with E-state index in [2.05, 4.69) is 32.1 Å². The molecule has 1 aliphatic heterocycles. The predicted molar refractivity (Wildman–Crippen MR) is 88.2 cm³/mol. The molecule has 118 valence electrons. The minimum atomic E-state index is -0.177. The second-order valence-electron chi connectivity index (χ2n) is 5.36. The first-order valence-corrected chi connectivity index (χ1v) is 8.47. The summed E-state index contributed by atoms with van der Waals surface area (Å²) in [4.78, 5) is 15.7. The van der Waals surface area contributed by atoms with E-state index < -0.39 is 0 Å². The SMILES string of the molecule is CCn1cc(NC(=O)NCCN2CCc3sccc3C2)cn1. The average molecular weight is 319 g/mol. The minimum Gasteiger partial charge on any atom is -0.337 e. The summed E-state index contributed by atoms with van der Waals surface area (Å²) in [5.74, 6) is 0. The van der Waals surface area contributed by atoms with E-state index in [0.29, 0.717) is 6.54 Å². The van der Waals surface area contributed by atoms with Crippen molar-refractivity contribution in [2.45, 2.75) is 26.4 Å². The van der Waals surface area contributed by atoms with Gasteiger partial charge in [-0.1, -0.05) is 0 Å². The van der Waals surface area contributed by atoms with Crippen LogP contribution in [0.1, 0.15) is 17.4 Å². The third kappa shape index (κ3) is 3.66. The molecule has 0 unspecified atom stereocenters. The summed E-state index contributed by atoms with van der Waals surface area (Å²) in [6, 6.07) is 2.03. The molecule has 0 aromatic carbocycles. The van der Waals surface area contributed by atoms with Crippen LogP contribution in [0.5, 0.6) is 0 Å². The highest BCUT2D eigenvalue weighted by Gasteiger charge is 2.16. The molecule has 2 N–H and O–H groups in total. The van der Waals surface area contributed by atoms with Gasteiger partial charge in [0.2, 0.25) is 0 Å². The molecule has 0 saturated carbocycles. The quantitative estimate of drug-likeness (QED) is 0.887. The van der Waals surface area contributed by atoms with Crippen LogP contribution in [-0.4, -0.2) is 40.3 Å². The van der Waals surface area contributed by atoms with Gasteiger partial charge in [0, 0.05) is 43.8 Å². The van der Waals surface area contributed by atoms with Crippen LogP contribution in [0.25, 0.3) is 0 Å². The predicted octanol–water partition coefficient (Wildman–Crippen LogP) is 2.14. The van der Waals surface area contributed by atoms with E-state index in [9.17, 15) is 4.79 Å². The Morgan fingerprint density at radius 2 is 2.41 bits per heavy atom. The molecule has 7 heteroatoms. The van der Waals surface area contributed by atoms with Gasteiger partial charge in [-0.2, -0.15) is 5.10 Å². The molecule has 0 spiro atoms. The Labute approximate surface area is 134 Å². The third-order valence-corrected chi connectivity index (χ3v) is 4.84. The summed E-state index contributed by atoms with van der Waals surface area (Å²) in [7, 11) is 0. The lowest BCUT2D eigenvalue weighted by Crippen LogP contribution is -2.38. The maximum Gasteiger partial charge on any atom is 0.319 e. The van der Waals surface area contributed by atoms with Crippen LogP contribution in [-0.2, 0) is 19.5 Å². The van der Waals surface area contributed by atoms with Gasteiger partial charge in [-0.05, 0) is 30.4 Å². The van der Waals surface area contributed by atoms with Crippen molar-refractivity contribution in [3.05, 3.63) is 34.3 Å². The lowest BCUT2D eigenvalue weighted by molar-refractivity contribution is 0.239. The van der Waals surface area contributed by atoms with Crippen LogP contribution in [0.2, 0.25) is 0 Å². The Kier molecular flexibility index (Phi) is 4.74. The first-order chi connectivity index (χ1) is 10.7. The molecule has 2 amide bonds. The van der Waals surface area contributed by atoms with Crippen LogP contribution < -0.4 is 10.6 Å². The van der Waals surface area contributed by atoms with Crippen LogP contribution in [0.3, 0.4) is 0 Å². The molecule has 0 saturated heterocycles. The average Bonchev–Trinajstić information content (AvgIpc) is 3.15. The monoisotopic (exact) mass is 319 g/mol. The minimum absolute atomic E-state index is 0.177. The van der Waals surface area contributed by atoms with Gasteiger partial charge in [0.05, 0.1) is 11.9 Å². The van der Waals surface area contributed by atoms with E-state index in [1.54, 1.807) is 10.9 Å². The number of nitrogens with one attached hydrogen (secondary N) is 2. The summed E-state index contributed by atoms with van der Waals surface area (Å²) < 4.78 is 1.78. The fraction of sp³-hybridized carbons (Fsp3) is 0.467. The molecule has 2 aromatic heterocycles. The van der Waals surface area contributed by atoms with Gasteiger partial charge in [0.25, 0.3) is 0 Å². The van der Waals surface area contributed by atoms with Gasteiger partial charge in [-0.15, -0.1) is 11.3 Å². The van der Waals surface area contributed by atoms with Crippen LogP contribution >= 0.6 is 11.3 Å². The molecule has 0 radical (unpaired) electrons. The maximum absolute atomic E-state index is 11.8. The van der Waals surface area contributed by atoms with Crippen LogP contribution in [0.4, 0.5) is 10.5 Å². The molecule has 2 aromatic rings. The molecule has 0 atom stereocenters. The van der Waals surface area contributed by atoms with E-state index in [0.717, 1.165) is 38.3 Å². The molecule has 3 heterocycles. The number of nitrogens with zero attached hydrogens (tertiary/aromatic N) is 3. The van der Waals surface area contributed by atoms with Crippen molar-refractivity contribution in [1.82, 2.24) is 20.0 Å². The molecule has 0 bridgehead atoms. The van der Waals surface area contributed by atoms with E-state index >= 15 is 0 Å². The van der Waals surface area contributed by atoms with Crippen molar-refractivity contribution in [2.24, 2.45) is 0 Å². The molecule has 1 aliphatic rings. The van der Waals surface area contributed by atoms with Crippen molar-refractivity contribution < 1.29 is 4.79 Å². The molecule has 0 aliphatic carbocycles. The molecular weight excluding hydrogens is 298 g/mol. The zero-order valence-electron chi connectivity index (χ0n) is 12.7. The Balaban J connectivity index is 1.39. The number of aryl methyl sites for hydroxylation is 1. The second kappa shape index (κ2) is 6.93. The second-order valence-corrected chi connectivity index (χ2v) is 6.36. The normalized spacial score (nSPS) is 14.6. The van der Waals surface area contributed by atoms with E-state index in [-0.39, 0.29) is 6.03 Å². The molecule has 0 fully saturated rings. The highest BCUT2D eigenvalue weighted by atomic mass is 32.1. The summed E-state index contributed by atoms with van der Waals surface area (Å²) in [5, 5.41) is 12.0. The largest absolute Gasteiger partial charge is 0.337 e. The first-order valence-electron chi connectivity index (χ1n) is 7.59. The highest BCUT2D eigenvalue weighted by molar-refractivity contribution is 7.10. The molecule has 22 heavy (non-hydrogen) atoms. The van der Waals surface area contributed by atoms with Gasteiger partial charge in [-0.25, -0.2) is 4.79 Å². The van der Waals surface area contributed by atoms with Gasteiger partial charge >= 0.3 is 6.03 Å². The number of anilines is 1. The van der Waals surface area contributed by atoms with Crippen molar-refractivity contribution in [2.75, 3.05) is 25.0 Å². The Morgan fingerprint density at radius 3 is 3.23 bits per heavy atom. The highest BCUT2D eigenvalue weighted by Crippen LogP contribution is 2.23. The molecule has 6 nitrogen and oxygen atoms in total. The Bertz CT molecular complexity index is 635. The number of hydrogen-bond donors (Lipinski definition) is 2. The van der Waals surface area contributed by atoms with E-state index in [1.165, 1.54) is 10.4 Å². The number of amides is 2. The first kappa shape index (κ1) is 15.1. The number of hydrogen-bond acceptors (Lipinski definition) is 4. The Hall–Kier alpha value is -1.86. The number of rotatable bonds is 5. The summed E-state index contributed by atoms with van der Waals surface area (Å²) >= 11 is 1.85. The van der Waals surface area contributed by atoms with Crippen LogP contribution in [0.15, 0.2) is 23.8 Å². The van der Waals surface area contributed by atoms with E-state index in [4.69, 9.17) is 0 Å². The fourth-order valence-electron chi connectivity index (χ4n) is 2.60. The van der Waals surface area contributed by atoms with E-state index in [1.807, 2.05) is 24.5 Å². The van der Waals surface area contributed by atoms with Crippen molar-refractivity contribution in [1.29, 1.82) is 0 Å². The number of carbonyl (C=O) groups is 1. The molecule has 3 rings (SSSR count). The summed E-state index contributed by atoms with van der Waals surface area (Å²) in [6.45, 7) is 6.38. The van der Waals surface area contributed by atoms with Crippen molar-refractivity contribution in [3.63, 3.8) is 0 Å². The maximum atomic E-state index is 11.8. The number of aromatic nitrogens is 2. The van der Waals surface area contributed by atoms with Crippen molar-refractivity contribution >= 4 is 23.1 Å². The lowest BCUT2D eigenvalue weighted by Gasteiger charge is -2.26. The smallest absolute Gasteiger partial charge is 0.319 e. The topological polar surface area (TPSA) is 62.2 Å². The zero-order chi connectivity index (χ0) is 15.4. The van der Waals surface area contributed by atoms with Crippen molar-refractivity contribution in [3.8, 4) is 0 Å². The number of fused-ring (bicyclic) bond motifs is 1. The number of urea groups is 1. The standard InChI is InChI=1S/C15H21N5OS/c1-2-20-11-13(9-17-20)18-15(21)16-5-7-19-6-3-14-12(10-19)4-8-22-14/h4,8-9,11H,2-3,5-7,10H2,1H3,(H2,16,18,21). The Morgan fingerprint density at radius 1 is 1.50 bits per heavy atom. The molecular formula is C15H21N5OS. The zero-order valence-corrected chi connectivity index (χ0v) is 13.5. The van der Waals surface area contributed by atoms with Gasteiger partial charge in [-0.3, -0.25) is 9.58 Å². The third-order valence-electron chi connectivity index (χ3n) is 3.82. The summed E-state index contributed by atoms with van der Waals surface area (Å²) in [5.41, 5.74) is 2.16. The van der Waals surface area contributed by atoms with Gasteiger partial charge in [0.15, 0.2) is 0 Å². The van der Waals surface area contributed by atoms with Gasteiger partial charge in [0.1, 0.15) is 0 Å². The lowest BCUT2D eigenvalue weighted by atomic mass is 10.1. The fourth-order valence-corrected chi connectivity index (χ4v) is 3.49. The summed E-state index contributed by atoms with van der Waals surface area (Å²) in [6.07, 6.45) is 4.60. The van der Waals surface area contributed by atoms with Gasteiger partial charge < -0.3 is 10.6 Å². The number of thiophene rings is 1.